The van der Waals surface area contributed by atoms with E-state index in [0.29, 0.717) is 18.0 Å². The van der Waals surface area contributed by atoms with E-state index in [-0.39, 0.29) is 17.5 Å². The molecule has 0 radical (unpaired) electrons. The summed E-state index contributed by atoms with van der Waals surface area (Å²) in [5.74, 6) is 1.29. The summed E-state index contributed by atoms with van der Waals surface area (Å²) < 4.78 is 8.36. The quantitative estimate of drug-likeness (QED) is 0.685. The lowest BCUT2D eigenvalue weighted by molar-refractivity contribution is 0.0949. The molecule has 0 spiro atoms. The average Bonchev–Trinajstić information content (AvgIpc) is 3.08. The van der Waals surface area contributed by atoms with Gasteiger partial charge in [-0.3, -0.25) is 9.59 Å². The molecule has 3 heterocycles. The van der Waals surface area contributed by atoms with Crippen molar-refractivity contribution in [2.45, 2.75) is 25.3 Å². The number of carbonyl (C=O) groups excluding carboxylic acids is 1. The third-order valence-electron chi connectivity index (χ3n) is 5.60. The number of nitrogens with zero attached hydrogens (tertiary/aromatic N) is 5. The number of piperidine rings is 1. The maximum absolute atomic E-state index is 12.8. The standard InChI is InChI=1S/C21H26N6O3/c1-25-19(28)10-9-18(24-25)27-11-5-4-6-15(27)13-22-20(29)14-7-8-16-17(12-14)23-26(2)21(16)30-3/h7-10,12,15H,4-6,11,13H2,1-3H3,(H,22,29). The van der Waals surface area contributed by atoms with Gasteiger partial charge in [-0.25, -0.2) is 9.36 Å². The molecule has 1 aromatic carbocycles. The minimum atomic E-state index is -0.138. The van der Waals surface area contributed by atoms with E-state index in [2.05, 4.69) is 20.4 Å². The Morgan fingerprint density at radius 3 is 2.77 bits per heavy atom. The van der Waals surface area contributed by atoms with Gasteiger partial charge in [-0.1, -0.05) is 0 Å². The van der Waals surface area contributed by atoms with Gasteiger partial charge >= 0.3 is 0 Å². The molecule has 3 aromatic rings. The van der Waals surface area contributed by atoms with Crippen molar-refractivity contribution in [1.29, 1.82) is 0 Å². The van der Waals surface area contributed by atoms with Gasteiger partial charge in [-0.2, -0.15) is 10.2 Å². The van der Waals surface area contributed by atoms with Crippen LogP contribution in [0.1, 0.15) is 29.6 Å². The molecule has 2 aromatic heterocycles. The number of benzene rings is 1. The highest BCUT2D eigenvalue weighted by atomic mass is 16.5. The number of aryl methyl sites for hydroxylation is 2. The molecule has 0 aliphatic carbocycles. The van der Waals surface area contributed by atoms with Gasteiger partial charge < -0.3 is 15.0 Å². The molecule has 1 fully saturated rings. The molecule has 0 saturated carbocycles. The van der Waals surface area contributed by atoms with Crippen molar-refractivity contribution in [2.75, 3.05) is 25.1 Å². The van der Waals surface area contributed by atoms with Crippen molar-refractivity contribution in [2.24, 2.45) is 14.1 Å². The van der Waals surface area contributed by atoms with Crippen LogP contribution in [0.3, 0.4) is 0 Å². The first-order valence-electron chi connectivity index (χ1n) is 10.1. The Hall–Kier alpha value is -3.36. The van der Waals surface area contributed by atoms with Crippen LogP contribution in [0.4, 0.5) is 5.82 Å². The third-order valence-corrected chi connectivity index (χ3v) is 5.60. The van der Waals surface area contributed by atoms with Crippen molar-refractivity contribution >= 4 is 22.6 Å². The van der Waals surface area contributed by atoms with Crippen LogP contribution in [-0.4, -0.2) is 51.7 Å². The predicted octanol–water partition coefficient (Wildman–Crippen LogP) is 1.46. The molecule has 1 amide bonds. The molecule has 4 rings (SSSR count). The zero-order valence-electron chi connectivity index (χ0n) is 17.5. The summed E-state index contributed by atoms with van der Waals surface area (Å²) in [7, 11) is 5.06. The Labute approximate surface area is 174 Å². The summed E-state index contributed by atoms with van der Waals surface area (Å²) in [6.07, 6.45) is 3.12. The first kappa shape index (κ1) is 19.9. The maximum Gasteiger partial charge on any atom is 0.266 e. The molecule has 0 bridgehead atoms. The Kier molecular flexibility index (Phi) is 5.43. The van der Waals surface area contributed by atoms with Gasteiger partial charge in [0.1, 0.15) is 5.82 Å². The smallest absolute Gasteiger partial charge is 0.266 e. The lowest BCUT2D eigenvalue weighted by Gasteiger charge is -2.36. The molecule has 9 nitrogen and oxygen atoms in total. The summed E-state index contributed by atoms with van der Waals surface area (Å²) in [5, 5.41) is 12.7. The molecule has 1 saturated heterocycles. The molecule has 1 atom stereocenters. The van der Waals surface area contributed by atoms with Crippen LogP contribution < -0.4 is 20.5 Å². The van der Waals surface area contributed by atoms with E-state index in [1.165, 1.54) is 10.7 Å². The number of ether oxygens (including phenoxy) is 1. The second kappa shape index (κ2) is 8.17. The van der Waals surface area contributed by atoms with Crippen molar-refractivity contribution in [3.05, 3.63) is 46.2 Å². The highest BCUT2D eigenvalue weighted by Crippen LogP contribution is 2.25. The maximum atomic E-state index is 12.8. The predicted molar refractivity (Wildman–Crippen MR) is 114 cm³/mol. The molecule has 9 heteroatoms. The molecular formula is C21H26N6O3. The number of fused-ring (bicyclic) bond motifs is 1. The van der Waals surface area contributed by atoms with E-state index >= 15 is 0 Å². The summed E-state index contributed by atoms with van der Waals surface area (Å²) >= 11 is 0. The van der Waals surface area contributed by atoms with E-state index < -0.39 is 0 Å². The number of carbonyl (C=O) groups is 1. The van der Waals surface area contributed by atoms with Crippen LogP contribution in [0.2, 0.25) is 0 Å². The normalized spacial score (nSPS) is 16.6. The van der Waals surface area contributed by atoms with Gasteiger partial charge in [0.2, 0.25) is 5.88 Å². The summed E-state index contributed by atoms with van der Waals surface area (Å²) in [6, 6.07) is 8.84. The minimum Gasteiger partial charge on any atom is -0.481 e. The van der Waals surface area contributed by atoms with Gasteiger partial charge in [0.25, 0.3) is 11.5 Å². The van der Waals surface area contributed by atoms with Gasteiger partial charge in [-0.15, -0.1) is 0 Å². The van der Waals surface area contributed by atoms with Crippen LogP contribution in [-0.2, 0) is 14.1 Å². The van der Waals surface area contributed by atoms with Crippen molar-refractivity contribution in [3.8, 4) is 5.88 Å². The fourth-order valence-electron chi connectivity index (χ4n) is 4.03. The highest BCUT2D eigenvalue weighted by Gasteiger charge is 2.25. The molecule has 1 unspecified atom stereocenters. The van der Waals surface area contributed by atoms with Gasteiger partial charge in [0.05, 0.1) is 18.0 Å². The third kappa shape index (κ3) is 3.74. The fraction of sp³-hybridized carbons (Fsp3) is 0.429. The van der Waals surface area contributed by atoms with Crippen LogP contribution in [0.5, 0.6) is 5.88 Å². The second-order valence-corrected chi connectivity index (χ2v) is 7.57. The summed E-state index contributed by atoms with van der Waals surface area (Å²) in [5.41, 5.74) is 1.14. The number of aromatic nitrogens is 4. The van der Waals surface area contributed by atoms with Crippen molar-refractivity contribution < 1.29 is 9.53 Å². The average molecular weight is 410 g/mol. The number of amides is 1. The van der Waals surface area contributed by atoms with Gasteiger partial charge in [0, 0.05) is 44.9 Å². The lowest BCUT2D eigenvalue weighted by Crippen LogP contribution is -2.47. The van der Waals surface area contributed by atoms with E-state index in [4.69, 9.17) is 4.74 Å². The Morgan fingerprint density at radius 2 is 2.00 bits per heavy atom. The van der Waals surface area contributed by atoms with Crippen molar-refractivity contribution in [3.63, 3.8) is 0 Å². The number of hydrogen-bond donors (Lipinski definition) is 1. The Balaban J connectivity index is 1.48. The van der Waals surface area contributed by atoms with Crippen LogP contribution in [0.15, 0.2) is 35.1 Å². The lowest BCUT2D eigenvalue weighted by atomic mass is 10.0. The largest absolute Gasteiger partial charge is 0.481 e. The monoisotopic (exact) mass is 410 g/mol. The van der Waals surface area contributed by atoms with Gasteiger partial charge in [0.15, 0.2) is 0 Å². The molecule has 30 heavy (non-hydrogen) atoms. The minimum absolute atomic E-state index is 0.131. The zero-order valence-corrected chi connectivity index (χ0v) is 17.5. The number of rotatable bonds is 5. The van der Waals surface area contributed by atoms with Crippen LogP contribution >= 0.6 is 0 Å². The topological polar surface area (TPSA) is 94.3 Å². The first-order valence-corrected chi connectivity index (χ1v) is 10.1. The first-order chi connectivity index (χ1) is 14.5. The van der Waals surface area contributed by atoms with E-state index in [9.17, 15) is 9.59 Å². The van der Waals surface area contributed by atoms with E-state index in [1.54, 1.807) is 37.0 Å². The molecule has 158 valence electrons. The van der Waals surface area contributed by atoms with Crippen LogP contribution in [0.25, 0.3) is 10.9 Å². The fourth-order valence-corrected chi connectivity index (χ4v) is 4.03. The summed E-state index contributed by atoms with van der Waals surface area (Å²) in [6.45, 7) is 1.36. The number of hydrogen-bond acceptors (Lipinski definition) is 6. The SMILES string of the molecule is COc1c2ccc(C(=O)NCC3CCCCN3c3ccc(=O)n(C)n3)cc2nn1C. The van der Waals surface area contributed by atoms with Crippen LogP contribution in [0, 0.1) is 0 Å². The van der Waals surface area contributed by atoms with Gasteiger partial charge in [-0.05, 0) is 43.5 Å². The molecule has 1 aliphatic rings. The number of nitrogens with one attached hydrogen (secondary N) is 1. The van der Waals surface area contributed by atoms with Crippen molar-refractivity contribution in [1.82, 2.24) is 24.9 Å². The second-order valence-electron chi connectivity index (χ2n) is 7.57. The number of methoxy groups -OCH3 is 1. The Bertz CT molecular complexity index is 1140. The zero-order chi connectivity index (χ0) is 21.3. The van der Waals surface area contributed by atoms with E-state index in [0.717, 1.165) is 42.5 Å². The molecule has 1 aliphatic heterocycles. The summed E-state index contributed by atoms with van der Waals surface area (Å²) in [4.78, 5) is 26.6. The molecular weight excluding hydrogens is 384 g/mol. The van der Waals surface area contributed by atoms with E-state index in [1.807, 2.05) is 13.1 Å². The Morgan fingerprint density at radius 1 is 1.17 bits per heavy atom. The molecule has 1 N–H and O–H groups in total. The number of anilines is 1. The highest BCUT2D eigenvalue weighted by molar-refractivity contribution is 5.98.